The van der Waals surface area contributed by atoms with Crippen molar-refractivity contribution in [2.24, 2.45) is 0 Å². The van der Waals surface area contributed by atoms with E-state index in [0.29, 0.717) is 5.56 Å². The lowest BCUT2D eigenvalue weighted by Gasteiger charge is -2.17. The van der Waals surface area contributed by atoms with Gasteiger partial charge in [0.05, 0.1) is 22.9 Å². The molecule has 4 nitrogen and oxygen atoms in total. The van der Waals surface area contributed by atoms with Crippen LogP contribution in [-0.2, 0) is 0 Å². The van der Waals surface area contributed by atoms with E-state index in [1.54, 1.807) is 30.2 Å². The number of fused-ring (bicyclic) bond motifs is 1. The van der Waals surface area contributed by atoms with Gasteiger partial charge in [0, 0.05) is 11.8 Å². The van der Waals surface area contributed by atoms with Gasteiger partial charge in [-0.1, -0.05) is 13.0 Å². The van der Waals surface area contributed by atoms with Gasteiger partial charge >= 0.3 is 5.97 Å². The highest BCUT2D eigenvalue weighted by atomic mass is 32.2. The number of para-hydroxylation sites is 1. The lowest BCUT2D eigenvalue weighted by atomic mass is 10.1. The number of benzene rings is 1. The van der Waals surface area contributed by atoms with Crippen molar-refractivity contribution in [2.45, 2.75) is 19.4 Å². The first-order valence-electron chi connectivity index (χ1n) is 5.86. The molecular weight excluding hydrogens is 248 g/mol. The standard InChI is InChI=1S/C13H16N2O2S/c1-3-9(7-18-2)15-8-14-11-6-4-5-10(12(11)15)13(16)17/h4-6,8-9H,3,7H2,1-2H3,(H,16,17). The van der Waals surface area contributed by atoms with E-state index in [9.17, 15) is 9.90 Å². The Morgan fingerprint density at radius 1 is 1.56 bits per heavy atom. The van der Waals surface area contributed by atoms with E-state index in [0.717, 1.165) is 23.2 Å². The molecule has 0 spiro atoms. The third-order valence-electron chi connectivity index (χ3n) is 3.05. The zero-order chi connectivity index (χ0) is 13.1. The number of thioether (sulfide) groups is 1. The van der Waals surface area contributed by atoms with Crippen LogP contribution in [0.3, 0.4) is 0 Å². The fraction of sp³-hybridized carbons (Fsp3) is 0.385. The molecule has 2 aromatic rings. The molecule has 1 atom stereocenters. The Kier molecular flexibility index (Phi) is 3.91. The van der Waals surface area contributed by atoms with Crippen LogP contribution in [0, 0.1) is 0 Å². The molecule has 1 N–H and O–H groups in total. The summed E-state index contributed by atoms with van der Waals surface area (Å²) in [6.45, 7) is 2.11. The summed E-state index contributed by atoms with van der Waals surface area (Å²) in [4.78, 5) is 15.6. The minimum absolute atomic E-state index is 0.283. The Bertz CT molecular complexity index is 565. The Hall–Kier alpha value is -1.49. The number of carbonyl (C=O) groups is 1. The van der Waals surface area contributed by atoms with Gasteiger partial charge in [0.25, 0.3) is 0 Å². The Labute approximate surface area is 110 Å². The number of carboxylic acid groups (broad SMARTS) is 1. The van der Waals surface area contributed by atoms with E-state index < -0.39 is 5.97 Å². The van der Waals surface area contributed by atoms with Crippen LogP contribution in [0.15, 0.2) is 24.5 Å². The summed E-state index contributed by atoms with van der Waals surface area (Å²) < 4.78 is 2.00. The van der Waals surface area contributed by atoms with Gasteiger partial charge < -0.3 is 9.67 Å². The minimum Gasteiger partial charge on any atom is -0.478 e. The summed E-state index contributed by atoms with van der Waals surface area (Å²) in [7, 11) is 0. The van der Waals surface area contributed by atoms with Gasteiger partial charge in [-0.3, -0.25) is 0 Å². The van der Waals surface area contributed by atoms with Crippen LogP contribution in [0.1, 0.15) is 29.7 Å². The number of rotatable bonds is 5. The van der Waals surface area contributed by atoms with Crippen molar-refractivity contribution in [3.8, 4) is 0 Å². The smallest absolute Gasteiger partial charge is 0.337 e. The molecule has 1 unspecified atom stereocenters. The monoisotopic (exact) mass is 264 g/mol. The van der Waals surface area contributed by atoms with E-state index in [4.69, 9.17) is 0 Å². The number of aromatic nitrogens is 2. The first kappa shape index (κ1) is 13.0. The molecule has 18 heavy (non-hydrogen) atoms. The molecule has 1 aromatic carbocycles. The molecule has 0 aliphatic carbocycles. The second-order valence-electron chi connectivity index (χ2n) is 4.15. The van der Waals surface area contributed by atoms with Crippen molar-refractivity contribution < 1.29 is 9.90 Å². The van der Waals surface area contributed by atoms with E-state index >= 15 is 0 Å². The maximum Gasteiger partial charge on any atom is 0.337 e. The molecule has 2 rings (SSSR count). The van der Waals surface area contributed by atoms with Crippen LogP contribution in [0.4, 0.5) is 0 Å². The lowest BCUT2D eigenvalue weighted by Crippen LogP contribution is -2.11. The van der Waals surface area contributed by atoms with Crippen LogP contribution in [-0.4, -0.2) is 32.6 Å². The zero-order valence-electron chi connectivity index (χ0n) is 10.5. The predicted octanol–water partition coefficient (Wildman–Crippen LogP) is 3.05. The molecular formula is C13H16N2O2S. The number of hydrogen-bond donors (Lipinski definition) is 1. The molecule has 0 saturated heterocycles. The van der Waals surface area contributed by atoms with Crippen molar-refractivity contribution >= 4 is 28.8 Å². The molecule has 0 amide bonds. The second kappa shape index (κ2) is 5.44. The van der Waals surface area contributed by atoms with Gasteiger partial charge in [-0.2, -0.15) is 11.8 Å². The molecule has 0 bridgehead atoms. The fourth-order valence-electron chi connectivity index (χ4n) is 2.13. The SMILES string of the molecule is CCC(CSC)n1cnc2cccc(C(=O)O)c21. The normalized spacial score (nSPS) is 12.8. The van der Waals surface area contributed by atoms with Crippen LogP contribution >= 0.6 is 11.8 Å². The van der Waals surface area contributed by atoms with Gasteiger partial charge in [-0.25, -0.2) is 9.78 Å². The largest absolute Gasteiger partial charge is 0.478 e. The summed E-state index contributed by atoms with van der Waals surface area (Å²) in [6.07, 6.45) is 4.77. The van der Waals surface area contributed by atoms with Crippen molar-refractivity contribution in [1.29, 1.82) is 0 Å². The van der Waals surface area contributed by atoms with Gasteiger partial charge in [0.2, 0.25) is 0 Å². The molecule has 0 aliphatic heterocycles. The molecule has 0 saturated carbocycles. The summed E-state index contributed by atoms with van der Waals surface area (Å²) >= 11 is 1.76. The number of nitrogens with zero attached hydrogens (tertiary/aromatic N) is 2. The topological polar surface area (TPSA) is 55.1 Å². The van der Waals surface area contributed by atoms with Gasteiger partial charge in [0.15, 0.2) is 0 Å². The third-order valence-corrected chi connectivity index (χ3v) is 3.77. The van der Waals surface area contributed by atoms with Gasteiger partial charge in [-0.05, 0) is 24.8 Å². The average molecular weight is 264 g/mol. The summed E-state index contributed by atoms with van der Waals surface area (Å²) in [6, 6.07) is 5.50. The Balaban J connectivity index is 2.60. The lowest BCUT2D eigenvalue weighted by molar-refractivity contribution is 0.0698. The highest BCUT2D eigenvalue weighted by Crippen LogP contribution is 2.25. The van der Waals surface area contributed by atoms with Crippen molar-refractivity contribution in [3.63, 3.8) is 0 Å². The van der Waals surface area contributed by atoms with Crippen molar-refractivity contribution in [3.05, 3.63) is 30.1 Å². The maximum atomic E-state index is 11.3. The summed E-state index contributed by atoms with van der Waals surface area (Å²) in [5.41, 5.74) is 1.80. The quantitative estimate of drug-likeness (QED) is 0.901. The first-order valence-corrected chi connectivity index (χ1v) is 7.26. The minimum atomic E-state index is -0.902. The third kappa shape index (κ3) is 2.22. The second-order valence-corrected chi connectivity index (χ2v) is 5.06. The van der Waals surface area contributed by atoms with Gasteiger partial charge in [-0.15, -0.1) is 0 Å². The Morgan fingerprint density at radius 3 is 2.94 bits per heavy atom. The molecule has 1 aromatic heterocycles. The molecule has 1 heterocycles. The molecule has 5 heteroatoms. The Morgan fingerprint density at radius 2 is 2.33 bits per heavy atom. The van der Waals surface area contributed by atoms with E-state index in [1.165, 1.54) is 0 Å². The summed E-state index contributed by atoms with van der Waals surface area (Å²) in [5, 5.41) is 9.26. The van der Waals surface area contributed by atoms with E-state index in [2.05, 4.69) is 18.2 Å². The van der Waals surface area contributed by atoms with E-state index in [1.807, 2.05) is 10.6 Å². The highest BCUT2D eigenvalue weighted by molar-refractivity contribution is 7.98. The molecule has 0 aliphatic rings. The zero-order valence-corrected chi connectivity index (χ0v) is 11.3. The van der Waals surface area contributed by atoms with Crippen molar-refractivity contribution in [1.82, 2.24) is 9.55 Å². The van der Waals surface area contributed by atoms with Crippen LogP contribution in [0.5, 0.6) is 0 Å². The predicted molar refractivity (Wildman–Crippen MR) is 74.4 cm³/mol. The van der Waals surface area contributed by atoms with Gasteiger partial charge in [0.1, 0.15) is 0 Å². The van der Waals surface area contributed by atoms with Crippen LogP contribution in [0.25, 0.3) is 11.0 Å². The molecule has 0 radical (unpaired) electrons. The molecule has 0 fully saturated rings. The number of aromatic carboxylic acids is 1. The number of hydrogen-bond acceptors (Lipinski definition) is 3. The number of imidazole rings is 1. The summed E-state index contributed by atoms with van der Waals surface area (Å²) in [5.74, 6) is 0.0528. The van der Waals surface area contributed by atoms with Crippen molar-refractivity contribution in [2.75, 3.05) is 12.0 Å². The average Bonchev–Trinajstić information content (AvgIpc) is 2.79. The highest BCUT2D eigenvalue weighted by Gasteiger charge is 2.17. The van der Waals surface area contributed by atoms with Crippen LogP contribution in [0.2, 0.25) is 0 Å². The van der Waals surface area contributed by atoms with Crippen LogP contribution < -0.4 is 0 Å². The first-order chi connectivity index (χ1) is 8.69. The number of carboxylic acids is 1. The molecule has 96 valence electrons. The van der Waals surface area contributed by atoms with E-state index in [-0.39, 0.29) is 6.04 Å². The fourth-order valence-corrected chi connectivity index (χ4v) is 2.91. The maximum absolute atomic E-state index is 11.3.